The number of carbonyl (C=O) groups is 2. The summed E-state index contributed by atoms with van der Waals surface area (Å²) in [4.78, 5) is 30.0. The van der Waals surface area contributed by atoms with Gasteiger partial charge in [-0.05, 0) is 42.7 Å². The Bertz CT molecular complexity index is 961. The van der Waals surface area contributed by atoms with Gasteiger partial charge in [0.15, 0.2) is 0 Å². The molecular weight excluding hydrogens is 366 g/mol. The van der Waals surface area contributed by atoms with Crippen LogP contribution < -0.4 is 4.72 Å². The maximum atomic E-state index is 12.5. The average molecular weight is 385 g/mol. The van der Waals surface area contributed by atoms with Crippen LogP contribution in [-0.4, -0.2) is 36.2 Å². The molecule has 0 saturated heterocycles. The Morgan fingerprint density at radius 1 is 1.04 bits per heavy atom. The second-order valence-electron chi connectivity index (χ2n) is 6.84. The van der Waals surface area contributed by atoms with E-state index in [4.69, 9.17) is 0 Å². The van der Waals surface area contributed by atoms with Crippen LogP contribution >= 0.6 is 0 Å². The van der Waals surface area contributed by atoms with Crippen LogP contribution in [-0.2, 0) is 16.6 Å². The Balaban J connectivity index is 1.49. The molecule has 1 saturated carbocycles. The molecule has 4 rings (SSSR count). The average Bonchev–Trinajstić information content (AvgIpc) is 3.25. The highest BCUT2D eigenvalue weighted by Gasteiger charge is 2.36. The zero-order valence-electron chi connectivity index (χ0n) is 14.6. The van der Waals surface area contributed by atoms with Crippen LogP contribution in [0.5, 0.6) is 0 Å². The number of imide groups is 1. The van der Waals surface area contributed by atoms with Gasteiger partial charge < -0.3 is 0 Å². The summed E-state index contributed by atoms with van der Waals surface area (Å²) in [5.74, 6) is -0.821. The van der Waals surface area contributed by atoms with Gasteiger partial charge in [-0.25, -0.2) is 13.1 Å². The lowest BCUT2D eigenvalue weighted by Gasteiger charge is -2.15. The Morgan fingerprint density at radius 2 is 1.74 bits per heavy atom. The van der Waals surface area contributed by atoms with E-state index in [-0.39, 0.29) is 29.1 Å². The molecule has 2 aromatic rings. The van der Waals surface area contributed by atoms with Gasteiger partial charge in [0, 0.05) is 12.2 Å². The number of carbonyl (C=O) groups excluding carboxylic acids is 2. The van der Waals surface area contributed by atoms with E-state index >= 15 is 0 Å². The van der Waals surface area contributed by atoms with E-state index in [1.165, 1.54) is 18.3 Å². The van der Waals surface area contributed by atoms with E-state index in [0.29, 0.717) is 11.1 Å². The third kappa shape index (κ3) is 3.38. The third-order valence-corrected chi connectivity index (χ3v) is 6.52. The number of nitrogens with zero attached hydrogens (tertiary/aromatic N) is 2. The van der Waals surface area contributed by atoms with Crippen LogP contribution in [0.3, 0.4) is 0 Å². The predicted octanol–water partition coefficient (Wildman–Crippen LogP) is 2.10. The van der Waals surface area contributed by atoms with Crippen molar-refractivity contribution in [1.82, 2.24) is 14.6 Å². The first kappa shape index (κ1) is 17.8. The summed E-state index contributed by atoms with van der Waals surface area (Å²) in [5.41, 5.74) is 1.12. The fraction of sp³-hybridized carbons (Fsp3) is 0.316. The van der Waals surface area contributed by atoms with Crippen molar-refractivity contribution in [2.45, 2.75) is 43.2 Å². The summed E-state index contributed by atoms with van der Waals surface area (Å²) in [5, 5.41) is 0. The van der Waals surface area contributed by atoms with E-state index in [0.717, 1.165) is 30.6 Å². The number of hydrogen-bond donors (Lipinski definition) is 1. The smallest absolute Gasteiger partial charge is 0.268 e. The fourth-order valence-corrected chi connectivity index (χ4v) is 4.85. The largest absolute Gasteiger partial charge is 0.280 e. The molecule has 0 radical (unpaired) electrons. The van der Waals surface area contributed by atoms with Crippen LogP contribution in [0.15, 0.2) is 47.5 Å². The Morgan fingerprint density at radius 3 is 2.41 bits per heavy atom. The molecule has 1 aliphatic heterocycles. The monoisotopic (exact) mass is 385 g/mol. The van der Waals surface area contributed by atoms with Gasteiger partial charge >= 0.3 is 0 Å². The molecule has 8 heteroatoms. The molecule has 7 nitrogen and oxygen atoms in total. The van der Waals surface area contributed by atoms with E-state index in [1.54, 1.807) is 24.3 Å². The van der Waals surface area contributed by atoms with Crippen molar-refractivity contribution in [3.05, 3.63) is 59.4 Å². The quantitative estimate of drug-likeness (QED) is 0.795. The first-order valence-corrected chi connectivity index (χ1v) is 10.4. The van der Waals surface area contributed by atoms with Gasteiger partial charge in [-0.1, -0.05) is 25.0 Å². The zero-order valence-corrected chi connectivity index (χ0v) is 15.4. The molecular formula is C19H19N3O4S. The molecule has 0 bridgehead atoms. The van der Waals surface area contributed by atoms with Crippen molar-refractivity contribution in [3.8, 4) is 0 Å². The minimum Gasteiger partial charge on any atom is -0.268 e. The van der Waals surface area contributed by atoms with Gasteiger partial charge in [0.2, 0.25) is 10.0 Å². The summed E-state index contributed by atoms with van der Waals surface area (Å²) in [7, 11) is -3.56. The van der Waals surface area contributed by atoms with Crippen LogP contribution in [0.4, 0.5) is 0 Å². The summed E-state index contributed by atoms with van der Waals surface area (Å²) in [6.45, 7) is 0.0738. The number of hydrogen-bond acceptors (Lipinski definition) is 5. The van der Waals surface area contributed by atoms with Gasteiger partial charge in [-0.15, -0.1) is 0 Å². The van der Waals surface area contributed by atoms with E-state index in [2.05, 4.69) is 9.71 Å². The summed E-state index contributed by atoms with van der Waals surface area (Å²) >= 11 is 0. The molecule has 2 aliphatic rings. The van der Waals surface area contributed by atoms with Gasteiger partial charge in [0.1, 0.15) is 5.69 Å². The Hall–Kier alpha value is -2.58. The van der Waals surface area contributed by atoms with Crippen LogP contribution in [0.25, 0.3) is 0 Å². The summed E-state index contributed by atoms with van der Waals surface area (Å²) in [6, 6.07) is 9.45. The van der Waals surface area contributed by atoms with Gasteiger partial charge in [-0.3, -0.25) is 19.5 Å². The van der Waals surface area contributed by atoms with Crippen molar-refractivity contribution in [2.24, 2.45) is 0 Å². The van der Waals surface area contributed by atoms with Crippen molar-refractivity contribution >= 4 is 21.8 Å². The first-order chi connectivity index (χ1) is 13.0. The van der Waals surface area contributed by atoms with Crippen molar-refractivity contribution in [1.29, 1.82) is 0 Å². The maximum absolute atomic E-state index is 12.5. The van der Waals surface area contributed by atoms with Crippen LogP contribution in [0.1, 0.15) is 52.1 Å². The number of nitrogens with one attached hydrogen (secondary N) is 1. The lowest BCUT2D eigenvalue weighted by molar-refractivity contribution is 0.0640. The Labute approximate surface area is 157 Å². The number of amides is 2. The first-order valence-electron chi connectivity index (χ1n) is 8.88. The number of benzene rings is 1. The van der Waals surface area contributed by atoms with Gasteiger partial charge in [0.05, 0.1) is 17.0 Å². The highest BCUT2D eigenvalue weighted by molar-refractivity contribution is 7.89. The molecule has 1 aromatic carbocycles. The number of rotatable bonds is 5. The molecule has 1 aliphatic carbocycles. The zero-order chi connectivity index (χ0) is 19.0. The fourth-order valence-electron chi connectivity index (χ4n) is 3.55. The van der Waals surface area contributed by atoms with Crippen LogP contribution in [0, 0.1) is 0 Å². The normalized spacial score (nSPS) is 17.6. The number of fused-ring (bicyclic) bond motifs is 1. The molecule has 1 N–H and O–H groups in total. The highest BCUT2D eigenvalue weighted by atomic mass is 32.2. The second kappa shape index (κ2) is 6.86. The molecule has 0 spiro atoms. The maximum Gasteiger partial charge on any atom is 0.280 e. The summed E-state index contributed by atoms with van der Waals surface area (Å²) < 4.78 is 27.7. The lowest BCUT2D eigenvalue weighted by atomic mass is 10.2. The topological polar surface area (TPSA) is 96.4 Å². The molecule has 0 atom stereocenters. The SMILES string of the molecule is O=C1c2cccnc2C(=O)N1Cc1ccc(S(=O)(=O)NC2CCCC2)cc1. The molecule has 0 unspecified atom stereocenters. The van der Waals surface area contributed by atoms with Crippen molar-refractivity contribution < 1.29 is 18.0 Å². The molecule has 2 heterocycles. The van der Waals surface area contributed by atoms with Crippen LogP contribution in [0.2, 0.25) is 0 Å². The highest BCUT2D eigenvalue weighted by Crippen LogP contribution is 2.24. The minimum atomic E-state index is -3.56. The Kier molecular flexibility index (Phi) is 4.53. The second-order valence-corrected chi connectivity index (χ2v) is 8.56. The van der Waals surface area contributed by atoms with E-state index < -0.39 is 15.9 Å². The van der Waals surface area contributed by atoms with Gasteiger partial charge in [0.25, 0.3) is 11.8 Å². The minimum absolute atomic E-state index is 0.000485. The predicted molar refractivity (Wildman–Crippen MR) is 97.5 cm³/mol. The molecule has 140 valence electrons. The van der Waals surface area contributed by atoms with Crippen molar-refractivity contribution in [3.63, 3.8) is 0 Å². The van der Waals surface area contributed by atoms with Crippen molar-refractivity contribution in [2.75, 3.05) is 0 Å². The molecule has 27 heavy (non-hydrogen) atoms. The number of pyridine rings is 1. The summed E-state index contributed by atoms with van der Waals surface area (Å²) in [6.07, 6.45) is 5.29. The van der Waals surface area contributed by atoms with Gasteiger partial charge in [-0.2, -0.15) is 0 Å². The molecule has 2 amide bonds. The standard InChI is InChI=1S/C19H19N3O4S/c23-18-16-6-3-11-20-17(16)19(24)22(18)12-13-7-9-15(10-8-13)27(25,26)21-14-4-1-2-5-14/h3,6-11,14,21H,1-2,4-5,12H2. The molecule has 1 fully saturated rings. The number of aromatic nitrogens is 1. The van der Waals surface area contributed by atoms with E-state index in [9.17, 15) is 18.0 Å². The lowest BCUT2D eigenvalue weighted by Crippen LogP contribution is -2.32. The molecule has 1 aromatic heterocycles. The number of sulfonamides is 1. The van der Waals surface area contributed by atoms with E-state index in [1.807, 2.05) is 0 Å². The third-order valence-electron chi connectivity index (χ3n) is 4.98.